The molecule has 0 aromatic rings. The Kier molecular flexibility index (Phi) is 6.29. The Morgan fingerprint density at radius 1 is 1.50 bits per heavy atom. The van der Waals surface area contributed by atoms with Crippen molar-refractivity contribution in [3.8, 4) is 0 Å². The summed E-state index contributed by atoms with van der Waals surface area (Å²) in [5, 5.41) is 0. The van der Waals surface area contributed by atoms with Gasteiger partial charge in [0.1, 0.15) is 0 Å². The smallest absolute Gasteiger partial charge is 0.0295 e. The van der Waals surface area contributed by atoms with Crippen molar-refractivity contribution in [3.63, 3.8) is 0 Å². The number of hydrogen-bond donors (Lipinski definition) is 1. The van der Waals surface area contributed by atoms with Crippen LogP contribution in [0.4, 0.5) is 0 Å². The maximum absolute atomic E-state index is 5.39. The maximum atomic E-state index is 5.39. The molecule has 0 radical (unpaired) electrons. The topological polar surface area (TPSA) is 29.3 Å². The lowest BCUT2D eigenvalue weighted by atomic mass is 10.3. The van der Waals surface area contributed by atoms with E-state index in [4.69, 9.17) is 5.73 Å². The van der Waals surface area contributed by atoms with Gasteiger partial charge in [0.05, 0.1) is 0 Å². The van der Waals surface area contributed by atoms with Crippen LogP contribution in [0, 0.1) is 0 Å². The van der Waals surface area contributed by atoms with Gasteiger partial charge in [-0.15, -0.1) is 0 Å². The van der Waals surface area contributed by atoms with E-state index in [-0.39, 0.29) is 0 Å². The van der Waals surface area contributed by atoms with Crippen molar-refractivity contribution in [2.24, 2.45) is 5.73 Å². The summed E-state index contributed by atoms with van der Waals surface area (Å²) in [7, 11) is 0. The van der Waals surface area contributed by atoms with Gasteiger partial charge in [0.15, 0.2) is 0 Å². The van der Waals surface area contributed by atoms with Crippen LogP contribution in [0.1, 0.15) is 19.8 Å². The Bertz CT molecular complexity index is 81.3. The molecule has 0 saturated carbocycles. The SMILES string of the molecule is C=CN(CCN)CCCC. The molecule has 0 fully saturated rings. The van der Waals surface area contributed by atoms with E-state index in [1.54, 1.807) is 0 Å². The molecule has 0 aliphatic heterocycles. The number of unbranched alkanes of at least 4 members (excludes halogenated alkanes) is 1. The number of nitrogens with two attached hydrogens (primary N) is 1. The molecule has 0 saturated heterocycles. The van der Waals surface area contributed by atoms with E-state index in [1.807, 2.05) is 6.20 Å². The van der Waals surface area contributed by atoms with Gasteiger partial charge in [0.25, 0.3) is 0 Å². The molecule has 0 rings (SSSR count). The molecular weight excluding hydrogens is 124 g/mol. The third-order valence-corrected chi connectivity index (χ3v) is 1.47. The van der Waals surface area contributed by atoms with Crippen LogP contribution in [0.25, 0.3) is 0 Å². The van der Waals surface area contributed by atoms with Crippen LogP contribution in [0.5, 0.6) is 0 Å². The normalized spacial score (nSPS) is 9.40. The van der Waals surface area contributed by atoms with Gasteiger partial charge >= 0.3 is 0 Å². The molecule has 0 heterocycles. The lowest BCUT2D eigenvalue weighted by Gasteiger charge is -2.17. The second-order valence-corrected chi connectivity index (χ2v) is 2.36. The molecule has 2 nitrogen and oxygen atoms in total. The van der Waals surface area contributed by atoms with Crippen molar-refractivity contribution < 1.29 is 0 Å². The Labute approximate surface area is 63.7 Å². The van der Waals surface area contributed by atoms with Crippen molar-refractivity contribution in [3.05, 3.63) is 12.8 Å². The fourth-order valence-corrected chi connectivity index (χ4v) is 0.821. The van der Waals surface area contributed by atoms with Crippen LogP contribution >= 0.6 is 0 Å². The third-order valence-electron chi connectivity index (χ3n) is 1.47. The van der Waals surface area contributed by atoms with Crippen LogP contribution in [0.3, 0.4) is 0 Å². The molecule has 0 spiro atoms. The van der Waals surface area contributed by atoms with Crippen LogP contribution in [0.2, 0.25) is 0 Å². The summed E-state index contributed by atoms with van der Waals surface area (Å²) in [6, 6.07) is 0. The Morgan fingerprint density at radius 3 is 2.60 bits per heavy atom. The molecule has 2 heteroatoms. The van der Waals surface area contributed by atoms with Gasteiger partial charge in [-0.3, -0.25) is 0 Å². The second kappa shape index (κ2) is 6.62. The van der Waals surface area contributed by atoms with Gasteiger partial charge in [0.2, 0.25) is 0 Å². The van der Waals surface area contributed by atoms with Crippen molar-refractivity contribution in [2.75, 3.05) is 19.6 Å². The maximum Gasteiger partial charge on any atom is 0.0295 e. The number of rotatable bonds is 6. The van der Waals surface area contributed by atoms with Crippen molar-refractivity contribution >= 4 is 0 Å². The van der Waals surface area contributed by atoms with E-state index in [2.05, 4.69) is 18.4 Å². The van der Waals surface area contributed by atoms with Crippen LogP contribution in [0.15, 0.2) is 12.8 Å². The first-order valence-electron chi connectivity index (χ1n) is 3.91. The Morgan fingerprint density at radius 2 is 2.20 bits per heavy atom. The summed E-state index contributed by atoms with van der Waals surface area (Å²) in [4.78, 5) is 2.16. The zero-order valence-corrected chi connectivity index (χ0v) is 6.84. The molecule has 0 atom stereocenters. The lowest BCUT2D eigenvalue weighted by Crippen LogP contribution is -2.25. The molecule has 0 unspecified atom stereocenters. The quantitative estimate of drug-likeness (QED) is 0.603. The summed E-state index contributed by atoms with van der Waals surface area (Å²) in [5.41, 5.74) is 5.39. The van der Waals surface area contributed by atoms with Crippen LogP contribution in [-0.4, -0.2) is 24.5 Å². The van der Waals surface area contributed by atoms with Gasteiger partial charge in [-0.25, -0.2) is 0 Å². The highest BCUT2D eigenvalue weighted by molar-refractivity contribution is 4.70. The minimum Gasteiger partial charge on any atom is -0.377 e. The fourth-order valence-electron chi connectivity index (χ4n) is 0.821. The third kappa shape index (κ3) is 4.39. The summed E-state index contributed by atoms with van der Waals surface area (Å²) >= 11 is 0. The minimum atomic E-state index is 0.718. The van der Waals surface area contributed by atoms with Crippen LogP contribution in [-0.2, 0) is 0 Å². The highest BCUT2D eigenvalue weighted by Gasteiger charge is 1.93. The molecule has 0 bridgehead atoms. The monoisotopic (exact) mass is 142 g/mol. The van der Waals surface area contributed by atoms with Crippen LogP contribution < -0.4 is 5.73 Å². The molecule has 60 valence electrons. The molecular formula is C8H18N2. The van der Waals surface area contributed by atoms with Crippen molar-refractivity contribution in [2.45, 2.75) is 19.8 Å². The first-order chi connectivity index (χ1) is 4.85. The summed E-state index contributed by atoms with van der Waals surface area (Å²) < 4.78 is 0. The number of nitrogens with zero attached hydrogens (tertiary/aromatic N) is 1. The molecule has 0 aliphatic carbocycles. The standard InChI is InChI=1S/C8H18N2/c1-3-5-7-10(4-2)8-6-9/h4H,2-3,5-9H2,1H3. The average molecular weight is 142 g/mol. The second-order valence-electron chi connectivity index (χ2n) is 2.36. The molecule has 10 heavy (non-hydrogen) atoms. The lowest BCUT2D eigenvalue weighted by molar-refractivity contribution is 0.378. The van der Waals surface area contributed by atoms with E-state index in [0.29, 0.717) is 0 Å². The van der Waals surface area contributed by atoms with E-state index >= 15 is 0 Å². The average Bonchev–Trinajstić information content (AvgIpc) is 1.98. The molecule has 2 N–H and O–H groups in total. The zero-order valence-electron chi connectivity index (χ0n) is 6.84. The first kappa shape index (κ1) is 9.50. The van der Waals surface area contributed by atoms with Gasteiger partial charge in [0, 0.05) is 19.6 Å². The van der Waals surface area contributed by atoms with E-state index in [1.165, 1.54) is 12.8 Å². The van der Waals surface area contributed by atoms with Crippen molar-refractivity contribution in [1.82, 2.24) is 4.90 Å². The number of hydrogen-bond acceptors (Lipinski definition) is 2. The van der Waals surface area contributed by atoms with Gasteiger partial charge < -0.3 is 10.6 Å². The molecule has 0 amide bonds. The summed E-state index contributed by atoms with van der Waals surface area (Å²) in [6.07, 6.45) is 4.32. The van der Waals surface area contributed by atoms with Gasteiger partial charge in [-0.2, -0.15) is 0 Å². The predicted molar refractivity (Wildman–Crippen MR) is 45.7 cm³/mol. The zero-order chi connectivity index (χ0) is 7.82. The highest BCUT2D eigenvalue weighted by atomic mass is 15.1. The first-order valence-corrected chi connectivity index (χ1v) is 3.91. The molecule has 0 aromatic carbocycles. The van der Waals surface area contributed by atoms with Gasteiger partial charge in [-0.05, 0) is 12.6 Å². The predicted octanol–water partition coefficient (Wildman–Crippen LogP) is 1.19. The Balaban J connectivity index is 3.29. The highest BCUT2D eigenvalue weighted by Crippen LogP contribution is 1.93. The van der Waals surface area contributed by atoms with Crippen molar-refractivity contribution in [1.29, 1.82) is 0 Å². The largest absolute Gasteiger partial charge is 0.377 e. The van der Waals surface area contributed by atoms with E-state index in [9.17, 15) is 0 Å². The van der Waals surface area contributed by atoms with E-state index in [0.717, 1.165) is 19.6 Å². The summed E-state index contributed by atoms with van der Waals surface area (Å²) in [6.45, 7) is 8.63. The minimum absolute atomic E-state index is 0.718. The van der Waals surface area contributed by atoms with Gasteiger partial charge in [-0.1, -0.05) is 19.9 Å². The molecule has 0 aliphatic rings. The summed E-state index contributed by atoms with van der Waals surface area (Å²) in [5.74, 6) is 0. The molecule has 0 aromatic heterocycles. The van der Waals surface area contributed by atoms with E-state index < -0.39 is 0 Å². The Hall–Kier alpha value is -0.500. The fraction of sp³-hybridized carbons (Fsp3) is 0.750.